The van der Waals surface area contributed by atoms with Crippen molar-refractivity contribution in [2.24, 2.45) is 0 Å². The van der Waals surface area contributed by atoms with Crippen molar-refractivity contribution >= 4 is 17.7 Å². The molecule has 0 aliphatic rings. The fourth-order valence-corrected chi connectivity index (χ4v) is 3.02. The molecule has 0 atom stereocenters. The Bertz CT molecular complexity index is 1210. The Kier molecular flexibility index (Phi) is 8.48. The van der Waals surface area contributed by atoms with Gasteiger partial charge >= 0.3 is 0 Å². The van der Waals surface area contributed by atoms with Crippen molar-refractivity contribution in [1.29, 1.82) is 5.26 Å². The summed E-state index contributed by atoms with van der Waals surface area (Å²) in [7, 11) is 1.55. The van der Waals surface area contributed by atoms with Crippen LogP contribution < -0.4 is 19.5 Å². The fraction of sp³-hybridized carbons (Fsp3) is 0.143. The Morgan fingerprint density at radius 3 is 2.38 bits per heavy atom. The van der Waals surface area contributed by atoms with Crippen LogP contribution in [0.2, 0.25) is 0 Å². The number of hydrogen-bond donors (Lipinski definition) is 1. The highest BCUT2D eigenvalue weighted by atomic mass is 16.5. The van der Waals surface area contributed by atoms with Crippen molar-refractivity contribution in [3.05, 3.63) is 102 Å². The van der Waals surface area contributed by atoms with E-state index in [1.807, 2.05) is 37.3 Å². The molecule has 0 radical (unpaired) electrons. The molecular formula is C28H26N2O4. The Labute approximate surface area is 199 Å². The quantitative estimate of drug-likeness (QED) is 0.242. The second-order valence-electron chi connectivity index (χ2n) is 7.43. The van der Waals surface area contributed by atoms with Crippen LogP contribution in [-0.4, -0.2) is 19.6 Å². The zero-order chi connectivity index (χ0) is 24.3. The molecule has 6 heteroatoms. The third kappa shape index (κ3) is 6.75. The van der Waals surface area contributed by atoms with Crippen LogP contribution in [0.15, 0.2) is 85.0 Å². The number of nitrogens with one attached hydrogen (secondary N) is 1. The number of aryl methyl sites for hydroxylation is 1. The molecule has 0 saturated heterocycles. The van der Waals surface area contributed by atoms with E-state index in [9.17, 15) is 10.1 Å². The molecule has 6 nitrogen and oxygen atoms in total. The average Bonchev–Trinajstić information content (AvgIpc) is 2.86. The van der Waals surface area contributed by atoms with E-state index in [0.29, 0.717) is 35.1 Å². The number of carbonyl (C=O) groups is 1. The number of anilines is 1. The third-order valence-electron chi connectivity index (χ3n) is 4.88. The lowest BCUT2D eigenvalue weighted by atomic mass is 10.1. The summed E-state index contributed by atoms with van der Waals surface area (Å²) in [6.07, 6.45) is 3.09. The summed E-state index contributed by atoms with van der Waals surface area (Å²) in [5, 5.41) is 12.3. The van der Waals surface area contributed by atoms with Crippen molar-refractivity contribution in [1.82, 2.24) is 0 Å². The van der Waals surface area contributed by atoms with E-state index in [1.54, 1.807) is 55.7 Å². The minimum Gasteiger partial charge on any atom is -0.497 e. The molecule has 0 fully saturated rings. The largest absolute Gasteiger partial charge is 0.497 e. The van der Waals surface area contributed by atoms with Crippen molar-refractivity contribution in [2.75, 3.05) is 19.0 Å². The predicted octanol–water partition coefficient (Wildman–Crippen LogP) is 5.69. The average molecular weight is 455 g/mol. The molecule has 1 amide bonds. The summed E-state index contributed by atoms with van der Waals surface area (Å²) < 4.78 is 16.7. The first-order valence-corrected chi connectivity index (χ1v) is 10.7. The van der Waals surface area contributed by atoms with Gasteiger partial charge in [-0.25, -0.2) is 0 Å². The number of nitriles is 1. The van der Waals surface area contributed by atoms with Gasteiger partial charge in [0, 0.05) is 17.3 Å². The number of amides is 1. The van der Waals surface area contributed by atoms with Gasteiger partial charge in [0.15, 0.2) is 0 Å². The standard InChI is InChI=1S/C28H26N2O4/c1-4-15-33-27-17-26(32-3)12-9-22(27)16-23(18-29)28(31)30-24-10-13-25(14-11-24)34-19-21-7-5-20(2)6-8-21/h4-14,16-17H,1,15,19H2,2-3H3,(H,30,31)/b23-16+. The zero-order valence-corrected chi connectivity index (χ0v) is 19.2. The highest BCUT2D eigenvalue weighted by molar-refractivity contribution is 6.09. The zero-order valence-electron chi connectivity index (χ0n) is 19.2. The predicted molar refractivity (Wildman–Crippen MR) is 133 cm³/mol. The number of benzene rings is 3. The summed E-state index contributed by atoms with van der Waals surface area (Å²) in [6.45, 7) is 6.41. The number of hydrogen-bond acceptors (Lipinski definition) is 5. The first kappa shape index (κ1) is 24.1. The van der Waals surface area contributed by atoms with Gasteiger partial charge in [0.2, 0.25) is 0 Å². The highest BCUT2D eigenvalue weighted by Gasteiger charge is 2.12. The Balaban J connectivity index is 1.67. The summed E-state index contributed by atoms with van der Waals surface area (Å²) in [4.78, 5) is 12.7. The molecule has 0 aliphatic heterocycles. The van der Waals surface area contributed by atoms with E-state index in [1.165, 1.54) is 11.6 Å². The molecule has 34 heavy (non-hydrogen) atoms. The SMILES string of the molecule is C=CCOc1cc(OC)ccc1/C=C(\C#N)C(=O)Nc1ccc(OCc2ccc(C)cc2)cc1. The molecule has 1 N–H and O–H groups in total. The van der Waals surface area contributed by atoms with Crippen LogP contribution in [0.5, 0.6) is 17.2 Å². The van der Waals surface area contributed by atoms with E-state index >= 15 is 0 Å². The molecule has 0 bridgehead atoms. The van der Waals surface area contributed by atoms with Crippen molar-refractivity contribution < 1.29 is 19.0 Å². The van der Waals surface area contributed by atoms with E-state index in [0.717, 1.165) is 5.56 Å². The number of ether oxygens (including phenoxy) is 3. The van der Waals surface area contributed by atoms with Crippen molar-refractivity contribution in [3.8, 4) is 23.3 Å². The minimum absolute atomic E-state index is 0.0617. The molecule has 0 unspecified atom stereocenters. The van der Waals surface area contributed by atoms with Gasteiger partial charge in [-0.1, -0.05) is 42.5 Å². The van der Waals surface area contributed by atoms with Gasteiger partial charge in [0.25, 0.3) is 5.91 Å². The minimum atomic E-state index is -0.527. The van der Waals surface area contributed by atoms with Gasteiger partial charge in [-0.15, -0.1) is 0 Å². The van der Waals surface area contributed by atoms with Gasteiger partial charge < -0.3 is 19.5 Å². The lowest BCUT2D eigenvalue weighted by Gasteiger charge is -2.11. The van der Waals surface area contributed by atoms with Crippen LogP contribution in [-0.2, 0) is 11.4 Å². The first-order chi connectivity index (χ1) is 16.5. The maximum absolute atomic E-state index is 12.7. The van der Waals surface area contributed by atoms with Crippen LogP contribution in [0.3, 0.4) is 0 Å². The van der Waals surface area contributed by atoms with Crippen LogP contribution >= 0.6 is 0 Å². The number of methoxy groups -OCH3 is 1. The van der Waals surface area contributed by atoms with E-state index in [2.05, 4.69) is 11.9 Å². The normalized spacial score (nSPS) is 10.7. The van der Waals surface area contributed by atoms with Crippen LogP contribution in [0.1, 0.15) is 16.7 Å². The van der Waals surface area contributed by atoms with E-state index in [4.69, 9.17) is 14.2 Å². The molecule has 0 spiro atoms. The molecular weight excluding hydrogens is 428 g/mol. The van der Waals surface area contributed by atoms with Gasteiger partial charge in [0.1, 0.15) is 42.1 Å². The maximum Gasteiger partial charge on any atom is 0.266 e. The van der Waals surface area contributed by atoms with Gasteiger partial charge in [0.05, 0.1) is 7.11 Å². The molecule has 0 aromatic heterocycles. The molecule has 0 saturated carbocycles. The Hall–Kier alpha value is -4.50. The summed E-state index contributed by atoms with van der Waals surface area (Å²) in [5.74, 6) is 1.23. The van der Waals surface area contributed by atoms with Crippen LogP contribution in [0.4, 0.5) is 5.69 Å². The second kappa shape index (κ2) is 11.9. The Morgan fingerprint density at radius 1 is 1.03 bits per heavy atom. The molecule has 3 rings (SSSR count). The summed E-state index contributed by atoms with van der Waals surface area (Å²) in [5.41, 5.74) is 3.33. The summed E-state index contributed by atoms with van der Waals surface area (Å²) in [6, 6.07) is 22.2. The lowest BCUT2D eigenvalue weighted by molar-refractivity contribution is -0.112. The van der Waals surface area contributed by atoms with Crippen molar-refractivity contribution in [2.45, 2.75) is 13.5 Å². The molecule has 3 aromatic carbocycles. The fourth-order valence-electron chi connectivity index (χ4n) is 3.02. The number of nitrogens with zero attached hydrogens (tertiary/aromatic N) is 1. The maximum atomic E-state index is 12.7. The lowest BCUT2D eigenvalue weighted by Crippen LogP contribution is -2.13. The van der Waals surface area contributed by atoms with Gasteiger partial charge in [-0.2, -0.15) is 5.26 Å². The van der Waals surface area contributed by atoms with E-state index < -0.39 is 5.91 Å². The topological polar surface area (TPSA) is 80.6 Å². The number of carbonyl (C=O) groups excluding carboxylic acids is 1. The van der Waals surface area contributed by atoms with Crippen molar-refractivity contribution in [3.63, 3.8) is 0 Å². The van der Waals surface area contributed by atoms with Gasteiger partial charge in [-0.05, 0) is 55.0 Å². The monoisotopic (exact) mass is 454 g/mol. The third-order valence-corrected chi connectivity index (χ3v) is 4.88. The highest BCUT2D eigenvalue weighted by Crippen LogP contribution is 2.27. The van der Waals surface area contributed by atoms with E-state index in [-0.39, 0.29) is 12.2 Å². The first-order valence-electron chi connectivity index (χ1n) is 10.7. The smallest absolute Gasteiger partial charge is 0.266 e. The van der Waals surface area contributed by atoms with Gasteiger partial charge in [-0.3, -0.25) is 4.79 Å². The molecule has 0 aliphatic carbocycles. The number of rotatable bonds is 10. The Morgan fingerprint density at radius 2 is 1.74 bits per heavy atom. The van der Waals surface area contributed by atoms with Crippen LogP contribution in [0.25, 0.3) is 6.08 Å². The molecule has 3 aromatic rings. The van der Waals surface area contributed by atoms with Crippen LogP contribution in [0, 0.1) is 18.3 Å². The molecule has 0 heterocycles. The second-order valence-corrected chi connectivity index (χ2v) is 7.43. The molecule has 172 valence electrons. The summed E-state index contributed by atoms with van der Waals surface area (Å²) >= 11 is 0.